The van der Waals surface area contributed by atoms with Gasteiger partial charge in [0, 0.05) is 13.0 Å². The zero-order valence-electron chi connectivity index (χ0n) is 11.6. The van der Waals surface area contributed by atoms with Crippen molar-refractivity contribution >= 4 is 11.0 Å². The molecule has 0 spiro atoms. The molecule has 0 aliphatic heterocycles. The minimum Gasteiger partial charge on any atom is -0.331 e. The van der Waals surface area contributed by atoms with Crippen LogP contribution in [0.4, 0.5) is 0 Å². The Kier molecular flexibility index (Phi) is 4.02. The largest absolute Gasteiger partial charge is 0.331 e. The summed E-state index contributed by atoms with van der Waals surface area (Å²) in [5.41, 5.74) is 9.23. The van der Waals surface area contributed by atoms with E-state index in [9.17, 15) is 0 Å². The molecule has 0 aliphatic carbocycles. The molecule has 3 heteroatoms. The lowest BCUT2D eigenvalue weighted by atomic mass is 10.1. The van der Waals surface area contributed by atoms with Gasteiger partial charge in [-0.05, 0) is 43.5 Å². The van der Waals surface area contributed by atoms with E-state index in [-0.39, 0.29) is 0 Å². The SMILES string of the molecule is CC(C)c1nc2cc(CCCCN)ccc2n1C. The van der Waals surface area contributed by atoms with Gasteiger partial charge in [-0.15, -0.1) is 0 Å². The molecule has 0 fully saturated rings. The van der Waals surface area contributed by atoms with E-state index in [1.807, 2.05) is 0 Å². The predicted octanol–water partition coefficient (Wildman–Crippen LogP) is 2.98. The number of unbranched alkanes of at least 4 members (excludes halogenated alkanes) is 1. The Hall–Kier alpha value is -1.35. The predicted molar refractivity (Wildman–Crippen MR) is 76.8 cm³/mol. The highest BCUT2D eigenvalue weighted by Gasteiger charge is 2.10. The maximum Gasteiger partial charge on any atom is 0.112 e. The van der Waals surface area contributed by atoms with Crippen LogP contribution in [-0.4, -0.2) is 16.1 Å². The maximum absolute atomic E-state index is 5.52. The number of nitrogens with two attached hydrogens (primary N) is 1. The summed E-state index contributed by atoms with van der Waals surface area (Å²) in [5, 5.41) is 0. The Bertz CT molecular complexity index is 526. The maximum atomic E-state index is 5.52. The lowest BCUT2D eigenvalue weighted by molar-refractivity contribution is 0.722. The van der Waals surface area contributed by atoms with Crippen LogP contribution in [0.5, 0.6) is 0 Å². The first kappa shape index (κ1) is 13.1. The van der Waals surface area contributed by atoms with E-state index in [4.69, 9.17) is 10.7 Å². The van der Waals surface area contributed by atoms with Gasteiger partial charge in [-0.25, -0.2) is 4.98 Å². The number of aromatic nitrogens is 2. The summed E-state index contributed by atoms with van der Waals surface area (Å²) >= 11 is 0. The van der Waals surface area contributed by atoms with Gasteiger partial charge in [0.2, 0.25) is 0 Å². The molecular weight excluding hydrogens is 222 g/mol. The molecule has 0 saturated carbocycles. The third-order valence-corrected chi connectivity index (χ3v) is 3.42. The molecule has 0 aliphatic rings. The Labute approximate surface area is 109 Å². The fraction of sp³-hybridized carbons (Fsp3) is 0.533. The van der Waals surface area contributed by atoms with Crippen LogP contribution >= 0.6 is 0 Å². The monoisotopic (exact) mass is 245 g/mol. The van der Waals surface area contributed by atoms with E-state index < -0.39 is 0 Å². The van der Waals surface area contributed by atoms with Gasteiger partial charge in [0.05, 0.1) is 11.0 Å². The number of hydrogen-bond acceptors (Lipinski definition) is 2. The van der Waals surface area contributed by atoms with Crippen molar-refractivity contribution in [3.8, 4) is 0 Å². The van der Waals surface area contributed by atoms with Gasteiger partial charge in [0.1, 0.15) is 5.82 Å². The molecule has 3 nitrogen and oxygen atoms in total. The molecule has 2 N–H and O–H groups in total. The lowest BCUT2D eigenvalue weighted by Crippen LogP contribution is -1.99. The average molecular weight is 245 g/mol. The topological polar surface area (TPSA) is 43.8 Å². The molecule has 1 aromatic heterocycles. The second-order valence-electron chi connectivity index (χ2n) is 5.25. The summed E-state index contributed by atoms with van der Waals surface area (Å²) in [6.07, 6.45) is 3.35. The van der Waals surface area contributed by atoms with Gasteiger partial charge in [0.25, 0.3) is 0 Å². The minimum atomic E-state index is 0.461. The molecule has 18 heavy (non-hydrogen) atoms. The van der Waals surface area contributed by atoms with Gasteiger partial charge in [0.15, 0.2) is 0 Å². The molecular formula is C15H23N3. The highest BCUT2D eigenvalue weighted by atomic mass is 15.1. The van der Waals surface area contributed by atoms with Crippen molar-refractivity contribution in [3.63, 3.8) is 0 Å². The number of benzene rings is 1. The third-order valence-electron chi connectivity index (χ3n) is 3.42. The van der Waals surface area contributed by atoms with E-state index in [0.29, 0.717) is 5.92 Å². The fourth-order valence-electron chi connectivity index (χ4n) is 2.41. The van der Waals surface area contributed by atoms with Crippen LogP contribution in [0.25, 0.3) is 11.0 Å². The number of hydrogen-bond donors (Lipinski definition) is 1. The van der Waals surface area contributed by atoms with E-state index in [0.717, 1.165) is 37.1 Å². The Morgan fingerprint density at radius 2 is 2.06 bits per heavy atom. The number of imidazole rings is 1. The highest BCUT2D eigenvalue weighted by Crippen LogP contribution is 2.22. The second-order valence-corrected chi connectivity index (χ2v) is 5.25. The molecule has 98 valence electrons. The van der Waals surface area contributed by atoms with Gasteiger partial charge in [-0.3, -0.25) is 0 Å². The van der Waals surface area contributed by atoms with Crippen LogP contribution in [0.15, 0.2) is 18.2 Å². The molecule has 1 aromatic carbocycles. The average Bonchev–Trinajstić information content (AvgIpc) is 2.67. The fourth-order valence-corrected chi connectivity index (χ4v) is 2.41. The van der Waals surface area contributed by atoms with E-state index in [1.165, 1.54) is 11.1 Å². The Balaban J connectivity index is 2.28. The van der Waals surface area contributed by atoms with Gasteiger partial charge < -0.3 is 10.3 Å². The smallest absolute Gasteiger partial charge is 0.112 e. The quantitative estimate of drug-likeness (QED) is 0.823. The molecule has 0 atom stereocenters. The van der Waals surface area contributed by atoms with Crippen LogP contribution in [0.1, 0.15) is 44.0 Å². The van der Waals surface area contributed by atoms with Gasteiger partial charge in [-0.1, -0.05) is 19.9 Å². The summed E-state index contributed by atoms with van der Waals surface area (Å²) in [5.74, 6) is 1.62. The number of rotatable bonds is 5. The minimum absolute atomic E-state index is 0.461. The third kappa shape index (κ3) is 2.56. The van der Waals surface area contributed by atoms with Crippen LogP contribution < -0.4 is 5.73 Å². The molecule has 1 heterocycles. The van der Waals surface area contributed by atoms with Crippen molar-refractivity contribution < 1.29 is 0 Å². The number of fused-ring (bicyclic) bond motifs is 1. The van der Waals surface area contributed by atoms with Gasteiger partial charge in [-0.2, -0.15) is 0 Å². The molecule has 0 bridgehead atoms. The molecule has 0 radical (unpaired) electrons. The molecule has 2 aromatic rings. The summed E-state index contributed by atoms with van der Waals surface area (Å²) in [7, 11) is 2.10. The summed E-state index contributed by atoms with van der Waals surface area (Å²) in [6, 6.07) is 6.62. The summed E-state index contributed by atoms with van der Waals surface area (Å²) < 4.78 is 2.20. The normalized spacial score (nSPS) is 11.6. The molecule has 0 amide bonds. The molecule has 2 rings (SSSR count). The standard InChI is InChI=1S/C15H23N3/c1-11(2)15-17-13-10-12(6-4-5-9-16)7-8-14(13)18(15)3/h7-8,10-11H,4-6,9,16H2,1-3H3. The van der Waals surface area contributed by atoms with Crippen LogP contribution in [0.3, 0.4) is 0 Å². The summed E-state index contributed by atoms with van der Waals surface area (Å²) in [6.45, 7) is 5.15. The molecule has 0 unspecified atom stereocenters. The van der Waals surface area contributed by atoms with Crippen LogP contribution in [0, 0.1) is 0 Å². The zero-order chi connectivity index (χ0) is 13.1. The lowest BCUT2D eigenvalue weighted by Gasteiger charge is -2.04. The van der Waals surface area contributed by atoms with Crippen molar-refractivity contribution in [3.05, 3.63) is 29.6 Å². The van der Waals surface area contributed by atoms with Crippen molar-refractivity contribution in [1.29, 1.82) is 0 Å². The Morgan fingerprint density at radius 3 is 2.72 bits per heavy atom. The van der Waals surface area contributed by atoms with Crippen molar-refractivity contribution in [2.75, 3.05) is 6.54 Å². The first-order valence-electron chi connectivity index (χ1n) is 6.78. The van der Waals surface area contributed by atoms with E-state index in [1.54, 1.807) is 0 Å². The second kappa shape index (κ2) is 5.53. The number of aryl methyl sites for hydroxylation is 2. The van der Waals surface area contributed by atoms with Crippen molar-refractivity contribution in [1.82, 2.24) is 9.55 Å². The highest BCUT2D eigenvalue weighted by molar-refractivity contribution is 5.77. The van der Waals surface area contributed by atoms with Crippen molar-refractivity contribution in [2.24, 2.45) is 12.8 Å². The van der Waals surface area contributed by atoms with Crippen LogP contribution in [-0.2, 0) is 13.5 Å². The number of nitrogens with zero attached hydrogens (tertiary/aromatic N) is 2. The first-order valence-corrected chi connectivity index (χ1v) is 6.78. The Morgan fingerprint density at radius 1 is 1.28 bits per heavy atom. The van der Waals surface area contributed by atoms with Gasteiger partial charge >= 0.3 is 0 Å². The van der Waals surface area contributed by atoms with E-state index in [2.05, 4.69) is 43.7 Å². The molecule has 0 saturated heterocycles. The van der Waals surface area contributed by atoms with Crippen LogP contribution in [0.2, 0.25) is 0 Å². The van der Waals surface area contributed by atoms with E-state index >= 15 is 0 Å². The summed E-state index contributed by atoms with van der Waals surface area (Å²) in [4.78, 5) is 4.74. The van der Waals surface area contributed by atoms with Crippen molar-refractivity contribution in [2.45, 2.75) is 39.0 Å². The first-order chi connectivity index (χ1) is 8.63. The zero-order valence-corrected chi connectivity index (χ0v) is 11.6.